The van der Waals surface area contributed by atoms with Gasteiger partial charge in [-0.3, -0.25) is 9.78 Å². The van der Waals surface area contributed by atoms with Gasteiger partial charge in [-0.1, -0.05) is 29.0 Å². The van der Waals surface area contributed by atoms with Crippen molar-refractivity contribution in [2.75, 3.05) is 13.1 Å². The largest absolute Gasteiger partial charge is 0.463 e. The van der Waals surface area contributed by atoms with Gasteiger partial charge >= 0.3 is 0 Å². The number of halogens is 2. The van der Waals surface area contributed by atoms with E-state index in [0.29, 0.717) is 28.9 Å². The van der Waals surface area contributed by atoms with Crippen LogP contribution in [-0.2, 0) is 0 Å². The molecule has 8 heteroatoms. The second-order valence-electron chi connectivity index (χ2n) is 5.41. The molecule has 24 heavy (non-hydrogen) atoms. The van der Waals surface area contributed by atoms with Gasteiger partial charge in [0.15, 0.2) is 0 Å². The molecule has 5 nitrogen and oxygen atoms in total. The predicted octanol–water partition coefficient (Wildman–Crippen LogP) is 4.01. The average Bonchev–Trinajstić information content (AvgIpc) is 2.94. The van der Waals surface area contributed by atoms with Gasteiger partial charge in [0, 0.05) is 16.9 Å². The molecule has 1 aromatic carbocycles. The van der Waals surface area contributed by atoms with Crippen LogP contribution in [0, 0.1) is 0 Å². The summed E-state index contributed by atoms with van der Waals surface area (Å²) in [6.07, 6.45) is 3.17. The zero-order chi connectivity index (χ0) is 16.7. The first-order chi connectivity index (χ1) is 11.6. The molecule has 122 valence electrons. The molecule has 1 saturated heterocycles. The first-order valence-electron chi connectivity index (χ1n) is 7.22. The van der Waals surface area contributed by atoms with Crippen molar-refractivity contribution < 1.29 is 9.53 Å². The van der Waals surface area contributed by atoms with E-state index in [4.69, 9.17) is 16.3 Å². The number of carbonyl (C=O) groups is 1. The summed E-state index contributed by atoms with van der Waals surface area (Å²) in [5, 5.41) is 1.20. The highest BCUT2D eigenvalue weighted by molar-refractivity contribution is 9.10. The number of benzene rings is 1. The van der Waals surface area contributed by atoms with E-state index in [9.17, 15) is 4.79 Å². The average molecular weight is 425 g/mol. The van der Waals surface area contributed by atoms with Crippen molar-refractivity contribution in [2.24, 2.45) is 0 Å². The van der Waals surface area contributed by atoms with Gasteiger partial charge in [0.05, 0.1) is 28.4 Å². The summed E-state index contributed by atoms with van der Waals surface area (Å²) in [6.45, 7) is 1.07. The van der Waals surface area contributed by atoms with Gasteiger partial charge in [0.1, 0.15) is 11.6 Å². The van der Waals surface area contributed by atoms with Crippen molar-refractivity contribution in [3.63, 3.8) is 0 Å². The molecule has 0 unspecified atom stereocenters. The maximum Gasteiger partial charge on any atom is 0.274 e. The van der Waals surface area contributed by atoms with Crippen LogP contribution in [-0.4, -0.2) is 40.0 Å². The molecule has 4 rings (SSSR count). The number of likely N-dealkylation sites (tertiary alicyclic amines) is 1. The molecule has 1 fully saturated rings. The topological polar surface area (TPSA) is 55.3 Å². The number of hydrogen-bond acceptors (Lipinski definition) is 5. The number of rotatable bonds is 3. The lowest BCUT2D eigenvalue weighted by Gasteiger charge is -2.38. The van der Waals surface area contributed by atoms with E-state index in [-0.39, 0.29) is 12.0 Å². The van der Waals surface area contributed by atoms with Crippen LogP contribution >= 0.6 is 38.9 Å². The van der Waals surface area contributed by atoms with Gasteiger partial charge in [-0.15, -0.1) is 0 Å². The standard InChI is InChI=1S/C16H11BrClN3O2S/c17-10-4-9(5-19-6-10)15(22)21-7-11(8-21)23-16-20-14-12(18)2-1-3-13(14)24-16/h1-6,11H,7-8H2. The van der Waals surface area contributed by atoms with E-state index in [2.05, 4.69) is 25.9 Å². The highest BCUT2D eigenvalue weighted by Gasteiger charge is 2.33. The fraction of sp³-hybridized carbons (Fsp3) is 0.188. The van der Waals surface area contributed by atoms with Crippen LogP contribution in [0.15, 0.2) is 41.1 Å². The third-order valence-electron chi connectivity index (χ3n) is 3.70. The van der Waals surface area contributed by atoms with Gasteiger partial charge in [0.25, 0.3) is 11.1 Å². The highest BCUT2D eigenvalue weighted by atomic mass is 79.9. The normalized spacial score (nSPS) is 14.7. The molecule has 0 bridgehead atoms. The van der Waals surface area contributed by atoms with Crippen molar-refractivity contribution in [3.05, 3.63) is 51.7 Å². The fourth-order valence-corrected chi connectivity index (χ4v) is 4.02. The summed E-state index contributed by atoms with van der Waals surface area (Å²) in [6, 6.07) is 7.42. The SMILES string of the molecule is O=C(c1cncc(Br)c1)N1CC(Oc2nc3c(Cl)cccc3s2)C1. The number of nitrogens with zero attached hydrogens (tertiary/aromatic N) is 3. The molecular formula is C16H11BrClN3O2S. The number of aromatic nitrogens is 2. The Morgan fingerprint density at radius 1 is 1.38 bits per heavy atom. The lowest BCUT2D eigenvalue weighted by molar-refractivity contribution is 0.0177. The van der Waals surface area contributed by atoms with Crippen LogP contribution in [0.5, 0.6) is 5.19 Å². The molecule has 3 heterocycles. The van der Waals surface area contributed by atoms with E-state index in [1.54, 1.807) is 23.4 Å². The highest BCUT2D eigenvalue weighted by Crippen LogP contribution is 2.33. The van der Waals surface area contributed by atoms with Crippen molar-refractivity contribution in [2.45, 2.75) is 6.10 Å². The summed E-state index contributed by atoms with van der Waals surface area (Å²) in [7, 11) is 0. The first kappa shape index (κ1) is 15.8. The maximum absolute atomic E-state index is 12.3. The Balaban J connectivity index is 1.40. The van der Waals surface area contributed by atoms with Crippen molar-refractivity contribution in [1.82, 2.24) is 14.9 Å². The van der Waals surface area contributed by atoms with Crippen molar-refractivity contribution in [3.8, 4) is 5.19 Å². The number of fused-ring (bicyclic) bond motifs is 1. The lowest BCUT2D eigenvalue weighted by Crippen LogP contribution is -2.56. The minimum Gasteiger partial charge on any atom is -0.463 e. The Hall–Kier alpha value is -1.70. The number of hydrogen-bond donors (Lipinski definition) is 0. The van der Waals surface area contributed by atoms with E-state index < -0.39 is 0 Å². The van der Waals surface area contributed by atoms with Crippen LogP contribution in [0.3, 0.4) is 0 Å². The van der Waals surface area contributed by atoms with Crippen LogP contribution < -0.4 is 4.74 Å². The summed E-state index contributed by atoms with van der Waals surface area (Å²) >= 11 is 10.9. The smallest absolute Gasteiger partial charge is 0.274 e. The third kappa shape index (κ3) is 2.99. The fourth-order valence-electron chi connectivity index (χ4n) is 2.48. The Bertz CT molecular complexity index is 927. The monoisotopic (exact) mass is 423 g/mol. The van der Waals surface area contributed by atoms with Gasteiger partial charge in [-0.2, -0.15) is 0 Å². The van der Waals surface area contributed by atoms with Crippen molar-refractivity contribution in [1.29, 1.82) is 0 Å². The number of pyridine rings is 1. The number of carbonyl (C=O) groups excluding carboxylic acids is 1. The molecule has 3 aromatic rings. The summed E-state index contributed by atoms with van der Waals surface area (Å²) in [4.78, 5) is 22.5. The van der Waals surface area contributed by atoms with E-state index in [0.717, 1.165) is 14.7 Å². The van der Waals surface area contributed by atoms with Crippen LogP contribution in [0.25, 0.3) is 10.2 Å². The number of ether oxygens (including phenoxy) is 1. The van der Waals surface area contributed by atoms with Gasteiger partial charge < -0.3 is 9.64 Å². The van der Waals surface area contributed by atoms with Crippen LogP contribution in [0.4, 0.5) is 0 Å². The van der Waals surface area contributed by atoms with Crippen LogP contribution in [0.1, 0.15) is 10.4 Å². The summed E-state index contributed by atoms with van der Waals surface area (Å²) in [5.74, 6) is -0.0454. The second kappa shape index (κ2) is 6.31. The lowest BCUT2D eigenvalue weighted by atomic mass is 10.1. The molecule has 0 spiro atoms. The molecule has 2 aromatic heterocycles. The minimum atomic E-state index is -0.0478. The maximum atomic E-state index is 12.3. The summed E-state index contributed by atoms with van der Waals surface area (Å²) < 4.78 is 7.64. The minimum absolute atomic E-state index is 0.0454. The third-order valence-corrected chi connectivity index (χ3v) is 5.35. The molecule has 0 saturated carbocycles. The van der Waals surface area contributed by atoms with E-state index in [1.807, 2.05) is 18.2 Å². The van der Waals surface area contributed by atoms with E-state index in [1.165, 1.54) is 11.3 Å². The number of para-hydroxylation sites is 1. The molecular weight excluding hydrogens is 414 g/mol. The molecule has 0 atom stereocenters. The second-order valence-corrected chi connectivity index (χ2v) is 7.72. The molecule has 0 radical (unpaired) electrons. The van der Waals surface area contributed by atoms with E-state index >= 15 is 0 Å². The Labute approximate surface area is 155 Å². The molecule has 1 amide bonds. The zero-order valence-corrected chi connectivity index (χ0v) is 15.4. The number of amides is 1. The Kier molecular flexibility index (Phi) is 4.15. The molecule has 1 aliphatic rings. The number of thiazole rings is 1. The summed E-state index contributed by atoms with van der Waals surface area (Å²) in [5.41, 5.74) is 1.32. The Morgan fingerprint density at radius 3 is 2.96 bits per heavy atom. The predicted molar refractivity (Wildman–Crippen MR) is 96.9 cm³/mol. The van der Waals surface area contributed by atoms with Gasteiger partial charge in [-0.05, 0) is 34.1 Å². The molecule has 0 aliphatic carbocycles. The first-order valence-corrected chi connectivity index (χ1v) is 9.20. The van der Waals surface area contributed by atoms with Crippen molar-refractivity contribution >= 4 is 55.0 Å². The van der Waals surface area contributed by atoms with Gasteiger partial charge in [-0.25, -0.2) is 4.98 Å². The zero-order valence-electron chi connectivity index (χ0n) is 12.3. The van der Waals surface area contributed by atoms with Gasteiger partial charge in [0.2, 0.25) is 0 Å². The quantitative estimate of drug-likeness (QED) is 0.637. The Morgan fingerprint density at radius 2 is 2.21 bits per heavy atom. The molecule has 0 N–H and O–H groups in total. The van der Waals surface area contributed by atoms with Crippen LogP contribution in [0.2, 0.25) is 5.02 Å². The molecule has 1 aliphatic heterocycles.